The van der Waals surface area contributed by atoms with Gasteiger partial charge in [-0.1, -0.05) is 72.8 Å². The summed E-state index contributed by atoms with van der Waals surface area (Å²) < 4.78 is 0. The van der Waals surface area contributed by atoms with Crippen LogP contribution in [0.1, 0.15) is 20.7 Å². The standard InChI is InChI=1S/C28H20N4O2/c29-27(33)21-13-7-8-14-22(21)32-28(34)20-15-16-23-24(17-20)31-26(19-11-5-2-6-12-19)25(30-23)18-9-3-1-4-10-18/h1-17H,(H2,29,33)(H,32,34). The molecular formula is C28H20N4O2. The average molecular weight is 444 g/mol. The number of aromatic nitrogens is 2. The maximum atomic E-state index is 13.0. The molecule has 1 heterocycles. The van der Waals surface area contributed by atoms with Crippen LogP contribution in [-0.2, 0) is 0 Å². The Morgan fingerprint density at radius 2 is 1.21 bits per heavy atom. The highest BCUT2D eigenvalue weighted by Gasteiger charge is 2.16. The van der Waals surface area contributed by atoms with Gasteiger partial charge in [0.15, 0.2) is 0 Å². The monoisotopic (exact) mass is 444 g/mol. The predicted octanol–water partition coefficient (Wildman–Crippen LogP) is 5.32. The predicted molar refractivity (Wildman–Crippen MR) is 133 cm³/mol. The summed E-state index contributed by atoms with van der Waals surface area (Å²) in [7, 11) is 0. The van der Waals surface area contributed by atoms with Crippen LogP contribution in [0.4, 0.5) is 5.69 Å². The highest BCUT2D eigenvalue weighted by molar-refractivity contribution is 6.09. The summed E-state index contributed by atoms with van der Waals surface area (Å²) in [5, 5.41) is 2.77. The molecule has 2 amide bonds. The lowest BCUT2D eigenvalue weighted by atomic mass is 10.0. The van der Waals surface area contributed by atoms with Gasteiger partial charge in [0.2, 0.25) is 0 Å². The molecule has 34 heavy (non-hydrogen) atoms. The zero-order valence-electron chi connectivity index (χ0n) is 18.1. The molecule has 0 saturated carbocycles. The van der Waals surface area contributed by atoms with E-state index in [9.17, 15) is 9.59 Å². The number of anilines is 1. The number of hydrogen-bond acceptors (Lipinski definition) is 4. The second kappa shape index (κ2) is 8.96. The van der Waals surface area contributed by atoms with E-state index in [1.165, 1.54) is 0 Å². The van der Waals surface area contributed by atoms with E-state index < -0.39 is 5.91 Å². The number of nitrogens with zero attached hydrogens (tertiary/aromatic N) is 2. The van der Waals surface area contributed by atoms with Crippen molar-refractivity contribution in [2.45, 2.75) is 0 Å². The third-order valence-electron chi connectivity index (χ3n) is 5.46. The van der Waals surface area contributed by atoms with Gasteiger partial charge in [0.25, 0.3) is 11.8 Å². The first kappa shape index (κ1) is 21.0. The molecule has 0 fully saturated rings. The van der Waals surface area contributed by atoms with Gasteiger partial charge in [-0.15, -0.1) is 0 Å². The van der Waals surface area contributed by atoms with E-state index in [4.69, 9.17) is 15.7 Å². The summed E-state index contributed by atoms with van der Waals surface area (Å²) in [5.74, 6) is -0.980. The Balaban J connectivity index is 1.59. The van der Waals surface area contributed by atoms with Crippen molar-refractivity contribution in [1.29, 1.82) is 0 Å². The lowest BCUT2D eigenvalue weighted by Crippen LogP contribution is -2.18. The fourth-order valence-electron chi connectivity index (χ4n) is 3.79. The van der Waals surface area contributed by atoms with Crippen LogP contribution < -0.4 is 11.1 Å². The highest BCUT2D eigenvalue weighted by atomic mass is 16.2. The smallest absolute Gasteiger partial charge is 0.255 e. The van der Waals surface area contributed by atoms with Gasteiger partial charge in [-0.2, -0.15) is 0 Å². The fraction of sp³-hybridized carbons (Fsp3) is 0. The van der Waals surface area contributed by atoms with Gasteiger partial charge in [-0.3, -0.25) is 9.59 Å². The van der Waals surface area contributed by atoms with Gasteiger partial charge in [0.05, 0.1) is 33.7 Å². The van der Waals surface area contributed by atoms with Crippen molar-refractivity contribution in [3.63, 3.8) is 0 Å². The van der Waals surface area contributed by atoms with Crippen LogP contribution in [0.2, 0.25) is 0 Å². The van der Waals surface area contributed by atoms with Gasteiger partial charge in [0.1, 0.15) is 0 Å². The van der Waals surface area contributed by atoms with Crippen LogP contribution >= 0.6 is 0 Å². The van der Waals surface area contributed by atoms with Crippen LogP contribution in [0.5, 0.6) is 0 Å². The Hall–Kier alpha value is -4.84. The number of para-hydroxylation sites is 1. The SMILES string of the molecule is NC(=O)c1ccccc1NC(=O)c1ccc2nc(-c3ccccc3)c(-c3ccccc3)nc2c1. The Bertz CT molecular complexity index is 1520. The number of benzene rings is 4. The average Bonchev–Trinajstić information content (AvgIpc) is 2.88. The first-order chi connectivity index (χ1) is 16.6. The minimum atomic E-state index is -0.610. The molecule has 0 aliphatic rings. The maximum Gasteiger partial charge on any atom is 0.255 e. The fourth-order valence-corrected chi connectivity index (χ4v) is 3.79. The molecule has 0 saturated heterocycles. The Labute approximate surface area is 196 Å². The minimum Gasteiger partial charge on any atom is -0.366 e. The topological polar surface area (TPSA) is 98.0 Å². The summed E-state index contributed by atoms with van der Waals surface area (Å²) in [6, 6.07) is 31.5. The number of amides is 2. The van der Waals surface area contributed by atoms with Crippen LogP contribution in [0.3, 0.4) is 0 Å². The molecule has 0 radical (unpaired) electrons. The van der Waals surface area contributed by atoms with E-state index >= 15 is 0 Å². The van der Waals surface area contributed by atoms with E-state index in [0.717, 1.165) is 22.5 Å². The number of nitrogens with one attached hydrogen (secondary N) is 1. The van der Waals surface area contributed by atoms with Crippen LogP contribution in [0, 0.1) is 0 Å². The molecule has 0 spiro atoms. The number of rotatable bonds is 5. The lowest BCUT2D eigenvalue weighted by Gasteiger charge is -2.12. The molecule has 6 heteroatoms. The van der Waals surface area contributed by atoms with Gasteiger partial charge in [-0.05, 0) is 30.3 Å². The number of fused-ring (bicyclic) bond motifs is 1. The van der Waals surface area contributed by atoms with Crippen LogP contribution in [-0.4, -0.2) is 21.8 Å². The molecule has 164 valence electrons. The van der Waals surface area contributed by atoms with Gasteiger partial charge in [-0.25, -0.2) is 9.97 Å². The normalized spacial score (nSPS) is 10.7. The summed E-state index contributed by atoms with van der Waals surface area (Å²) in [6.07, 6.45) is 0. The molecule has 5 rings (SSSR count). The quantitative estimate of drug-likeness (QED) is 0.384. The van der Waals surface area contributed by atoms with E-state index in [1.54, 1.807) is 42.5 Å². The van der Waals surface area contributed by atoms with Crippen molar-refractivity contribution < 1.29 is 9.59 Å². The zero-order chi connectivity index (χ0) is 23.5. The Morgan fingerprint density at radius 1 is 0.647 bits per heavy atom. The van der Waals surface area contributed by atoms with E-state index in [1.807, 2.05) is 60.7 Å². The van der Waals surface area contributed by atoms with E-state index in [-0.39, 0.29) is 11.5 Å². The molecule has 5 aromatic rings. The number of nitrogens with two attached hydrogens (primary N) is 1. The van der Waals surface area contributed by atoms with Crippen LogP contribution in [0.25, 0.3) is 33.5 Å². The van der Waals surface area contributed by atoms with Crippen molar-refractivity contribution in [3.8, 4) is 22.5 Å². The molecule has 0 bridgehead atoms. The number of carbonyl (C=O) groups is 2. The number of primary amides is 1. The largest absolute Gasteiger partial charge is 0.366 e. The first-order valence-electron chi connectivity index (χ1n) is 10.7. The first-order valence-corrected chi connectivity index (χ1v) is 10.7. The molecular weight excluding hydrogens is 424 g/mol. The highest BCUT2D eigenvalue weighted by Crippen LogP contribution is 2.31. The molecule has 0 aliphatic carbocycles. The molecule has 4 aromatic carbocycles. The molecule has 1 aromatic heterocycles. The van der Waals surface area contributed by atoms with Crippen molar-refractivity contribution in [2.75, 3.05) is 5.32 Å². The minimum absolute atomic E-state index is 0.246. The summed E-state index contributed by atoms with van der Waals surface area (Å²) in [6.45, 7) is 0. The lowest BCUT2D eigenvalue weighted by molar-refractivity contribution is 0.100. The third-order valence-corrected chi connectivity index (χ3v) is 5.46. The van der Waals surface area contributed by atoms with Crippen molar-refractivity contribution >= 4 is 28.5 Å². The van der Waals surface area contributed by atoms with Crippen molar-refractivity contribution in [2.24, 2.45) is 5.73 Å². The van der Waals surface area contributed by atoms with Gasteiger partial charge in [0, 0.05) is 16.7 Å². The third kappa shape index (κ3) is 4.12. The van der Waals surface area contributed by atoms with Crippen molar-refractivity contribution in [3.05, 3.63) is 114 Å². The molecule has 0 aliphatic heterocycles. The molecule has 0 unspecified atom stereocenters. The van der Waals surface area contributed by atoms with Gasteiger partial charge < -0.3 is 11.1 Å². The summed E-state index contributed by atoms with van der Waals surface area (Å²) in [4.78, 5) is 34.4. The second-order valence-corrected chi connectivity index (χ2v) is 7.72. The second-order valence-electron chi connectivity index (χ2n) is 7.72. The number of carbonyl (C=O) groups excluding carboxylic acids is 2. The molecule has 6 nitrogen and oxygen atoms in total. The van der Waals surface area contributed by atoms with Gasteiger partial charge >= 0.3 is 0 Å². The molecule has 3 N–H and O–H groups in total. The zero-order valence-corrected chi connectivity index (χ0v) is 18.1. The van der Waals surface area contributed by atoms with Crippen LogP contribution in [0.15, 0.2) is 103 Å². The van der Waals surface area contributed by atoms with E-state index in [0.29, 0.717) is 22.3 Å². The summed E-state index contributed by atoms with van der Waals surface area (Å²) in [5.41, 5.74) is 11.1. The summed E-state index contributed by atoms with van der Waals surface area (Å²) >= 11 is 0. The van der Waals surface area contributed by atoms with E-state index in [2.05, 4.69) is 5.32 Å². The Kier molecular flexibility index (Phi) is 5.54. The maximum absolute atomic E-state index is 13.0. The Morgan fingerprint density at radius 3 is 1.82 bits per heavy atom. The van der Waals surface area contributed by atoms with Crippen molar-refractivity contribution in [1.82, 2.24) is 9.97 Å². The molecule has 0 atom stereocenters. The number of hydrogen-bond donors (Lipinski definition) is 2.